The van der Waals surface area contributed by atoms with E-state index in [4.69, 9.17) is 0 Å². The summed E-state index contributed by atoms with van der Waals surface area (Å²) >= 11 is 0. The molecule has 3 unspecified atom stereocenters. The van der Waals surface area contributed by atoms with Crippen molar-refractivity contribution < 1.29 is 14.7 Å². The summed E-state index contributed by atoms with van der Waals surface area (Å²) in [6, 6.07) is -0.496. The molecule has 0 aromatic carbocycles. The van der Waals surface area contributed by atoms with Gasteiger partial charge >= 0.3 is 0 Å². The van der Waals surface area contributed by atoms with E-state index in [1.165, 1.54) is 6.92 Å². The highest BCUT2D eigenvalue weighted by Crippen LogP contribution is 2.24. The maximum atomic E-state index is 11.5. The normalized spacial score (nSPS) is 26.2. The fourth-order valence-corrected chi connectivity index (χ4v) is 2.00. The van der Waals surface area contributed by atoms with E-state index >= 15 is 0 Å². The third kappa shape index (κ3) is 4.18. The van der Waals surface area contributed by atoms with E-state index in [1.54, 1.807) is 6.92 Å². The van der Waals surface area contributed by atoms with Crippen LogP contribution in [0.15, 0.2) is 0 Å². The Morgan fingerprint density at radius 3 is 2.62 bits per heavy atom. The Bertz CT molecular complexity index is 268. The van der Waals surface area contributed by atoms with E-state index in [9.17, 15) is 14.7 Å². The van der Waals surface area contributed by atoms with Crippen molar-refractivity contribution in [1.29, 1.82) is 0 Å². The van der Waals surface area contributed by atoms with Crippen LogP contribution in [0.1, 0.15) is 33.1 Å². The Labute approximate surface area is 95.6 Å². The zero-order valence-corrected chi connectivity index (χ0v) is 9.82. The van der Waals surface area contributed by atoms with Crippen LogP contribution in [-0.4, -0.2) is 35.6 Å². The van der Waals surface area contributed by atoms with Gasteiger partial charge in [-0.2, -0.15) is 0 Å². The fraction of sp³-hybridized carbons (Fsp3) is 0.818. The van der Waals surface area contributed by atoms with Crippen molar-refractivity contribution in [3.63, 3.8) is 0 Å². The Kier molecular flexibility index (Phi) is 4.73. The summed E-state index contributed by atoms with van der Waals surface area (Å²) in [4.78, 5) is 22.3. The van der Waals surface area contributed by atoms with Gasteiger partial charge in [0.05, 0.1) is 6.10 Å². The van der Waals surface area contributed by atoms with Crippen LogP contribution in [0, 0.1) is 5.92 Å². The maximum Gasteiger partial charge on any atom is 0.242 e. The lowest BCUT2D eigenvalue weighted by Crippen LogP contribution is -2.45. The quantitative estimate of drug-likeness (QED) is 0.623. The third-order valence-corrected chi connectivity index (χ3v) is 2.89. The van der Waals surface area contributed by atoms with Gasteiger partial charge in [0.15, 0.2) is 0 Å². The smallest absolute Gasteiger partial charge is 0.242 e. The highest BCUT2D eigenvalue weighted by molar-refractivity contribution is 5.86. The van der Waals surface area contributed by atoms with Crippen LogP contribution in [0.3, 0.4) is 0 Å². The first-order valence-electron chi connectivity index (χ1n) is 5.72. The van der Waals surface area contributed by atoms with Gasteiger partial charge in [-0.15, -0.1) is 0 Å². The van der Waals surface area contributed by atoms with Gasteiger partial charge < -0.3 is 15.7 Å². The van der Waals surface area contributed by atoms with Crippen molar-refractivity contribution in [1.82, 2.24) is 10.6 Å². The topological polar surface area (TPSA) is 78.4 Å². The summed E-state index contributed by atoms with van der Waals surface area (Å²) < 4.78 is 0. The van der Waals surface area contributed by atoms with Crippen molar-refractivity contribution >= 4 is 11.8 Å². The molecule has 0 bridgehead atoms. The molecule has 0 aromatic heterocycles. The van der Waals surface area contributed by atoms with Crippen LogP contribution in [0.5, 0.6) is 0 Å². The van der Waals surface area contributed by atoms with E-state index < -0.39 is 6.04 Å². The molecule has 1 aliphatic rings. The predicted octanol–water partition coefficient (Wildman–Crippen LogP) is -0.212. The van der Waals surface area contributed by atoms with Gasteiger partial charge in [0, 0.05) is 13.5 Å². The molecule has 5 nitrogen and oxygen atoms in total. The molecule has 1 aliphatic carbocycles. The molecule has 0 aromatic rings. The maximum absolute atomic E-state index is 11.5. The van der Waals surface area contributed by atoms with Crippen molar-refractivity contribution in [2.75, 3.05) is 6.54 Å². The average Bonchev–Trinajstić information content (AvgIpc) is 2.59. The number of rotatable bonds is 4. The Hall–Kier alpha value is -1.10. The van der Waals surface area contributed by atoms with E-state index in [2.05, 4.69) is 10.6 Å². The van der Waals surface area contributed by atoms with Crippen LogP contribution in [0.25, 0.3) is 0 Å². The van der Waals surface area contributed by atoms with Crippen LogP contribution in [0.4, 0.5) is 0 Å². The molecule has 1 rings (SSSR count). The molecule has 1 saturated carbocycles. The lowest BCUT2D eigenvalue weighted by molar-refractivity contribution is -0.127. The molecule has 3 N–H and O–H groups in total. The van der Waals surface area contributed by atoms with Gasteiger partial charge in [0.25, 0.3) is 0 Å². The number of carbonyl (C=O) groups excluding carboxylic acids is 2. The second-order valence-electron chi connectivity index (χ2n) is 4.50. The second-order valence-corrected chi connectivity index (χ2v) is 4.50. The summed E-state index contributed by atoms with van der Waals surface area (Å²) in [6.07, 6.45) is 2.32. The number of carbonyl (C=O) groups is 2. The van der Waals surface area contributed by atoms with Gasteiger partial charge in [0.2, 0.25) is 11.8 Å². The number of nitrogens with one attached hydrogen (secondary N) is 2. The SMILES string of the molecule is CC(=O)NC(C)C(=O)NCC1CCC(O)C1. The van der Waals surface area contributed by atoms with E-state index in [0.717, 1.165) is 19.3 Å². The molecule has 2 amide bonds. The summed E-state index contributed by atoms with van der Waals surface area (Å²) in [5.41, 5.74) is 0. The Balaban J connectivity index is 2.21. The highest BCUT2D eigenvalue weighted by atomic mass is 16.3. The lowest BCUT2D eigenvalue weighted by atomic mass is 10.1. The molecule has 0 saturated heterocycles. The molecule has 0 spiro atoms. The lowest BCUT2D eigenvalue weighted by Gasteiger charge is -2.15. The number of hydrogen-bond donors (Lipinski definition) is 3. The monoisotopic (exact) mass is 228 g/mol. The minimum absolute atomic E-state index is 0.170. The van der Waals surface area contributed by atoms with Gasteiger partial charge in [-0.25, -0.2) is 0 Å². The first kappa shape index (κ1) is 13.0. The zero-order valence-electron chi connectivity index (χ0n) is 9.82. The van der Waals surface area contributed by atoms with Crippen LogP contribution >= 0.6 is 0 Å². The minimum atomic E-state index is -0.496. The van der Waals surface area contributed by atoms with E-state index in [1.807, 2.05) is 0 Å². The summed E-state index contributed by atoms with van der Waals surface area (Å²) in [5.74, 6) is -0.0148. The molecule has 0 heterocycles. The minimum Gasteiger partial charge on any atom is -0.393 e. The third-order valence-electron chi connectivity index (χ3n) is 2.89. The van der Waals surface area contributed by atoms with Crippen molar-refractivity contribution in [3.8, 4) is 0 Å². The average molecular weight is 228 g/mol. The number of amides is 2. The molecule has 5 heteroatoms. The van der Waals surface area contributed by atoms with E-state index in [-0.39, 0.29) is 17.9 Å². The molecule has 0 aliphatic heterocycles. The van der Waals surface area contributed by atoms with Gasteiger partial charge in [-0.05, 0) is 32.1 Å². The summed E-state index contributed by atoms with van der Waals surface area (Å²) in [5, 5.41) is 14.6. The highest BCUT2D eigenvalue weighted by Gasteiger charge is 2.23. The van der Waals surface area contributed by atoms with Crippen molar-refractivity contribution in [3.05, 3.63) is 0 Å². The summed E-state index contributed by atoms with van der Waals surface area (Å²) in [6.45, 7) is 3.62. The van der Waals surface area contributed by atoms with E-state index in [0.29, 0.717) is 12.5 Å². The zero-order chi connectivity index (χ0) is 12.1. The molecular weight excluding hydrogens is 208 g/mol. The second kappa shape index (κ2) is 5.84. The Morgan fingerprint density at radius 1 is 1.44 bits per heavy atom. The fourth-order valence-electron chi connectivity index (χ4n) is 2.00. The van der Waals surface area contributed by atoms with Gasteiger partial charge in [-0.1, -0.05) is 0 Å². The largest absolute Gasteiger partial charge is 0.393 e. The first-order chi connectivity index (χ1) is 7.49. The number of aliphatic hydroxyl groups is 1. The van der Waals surface area contributed by atoms with Crippen LogP contribution in [0.2, 0.25) is 0 Å². The molecular formula is C11H20N2O3. The molecule has 1 fully saturated rings. The predicted molar refractivity (Wildman–Crippen MR) is 59.6 cm³/mol. The van der Waals surface area contributed by atoms with Crippen molar-refractivity contribution in [2.24, 2.45) is 5.92 Å². The van der Waals surface area contributed by atoms with Crippen LogP contribution in [-0.2, 0) is 9.59 Å². The number of hydrogen-bond acceptors (Lipinski definition) is 3. The summed E-state index contributed by atoms with van der Waals surface area (Å²) in [7, 11) is 0. The van der Waals surface area contributed by atoms with Crippen LogP contribution < -0.4 is 10.6 Å². The Morgan fingerprint density at radius 2 is 2.12 bits per heavy atom. The van der Waals surface area contributed by atoms with Gasteiger partial charge in [-0.3, -0.25) is 9.59 Å². The standard InChI is InChI=1S/C11H20N2O3/c1-7(13-8(2)14)11(16)12-6-9-3-4-10(15)5-9/h7,9-10,15H,3-6H2,1-2H3,(H,12,16)(H,13,14). The molecule has 16 heavy (non-hydrogen) atoms. The van der Waals surface area contributed by atoms with Gasteiger partial charge in [0.1, 0.15) is 6.04 Å². The molecule has 92 valence electrons. The molecule has 0 radical (unpaired) electrons. The first-order valence-corrected chi connectivity index (χ1v) is 5.72. The molecule has 3 atom stereocenters. The number of aliphatic hydroxyl groups excluding tert-OH is 1. The van der Waals surface area contributed by atoms with Crippen molar-refractivity contribution in [2.45, 2.75) is 45.3 Å².